The van der Waals surface area contributed by atoms with Crippen LogP contribution in [0.15, 0.2) is 18.2 Å². The van der Waals surface area contributed by atoms with Gasteiger partial charge in [-0.05, 0) is 37.5 Å². The van der Waals surface area contributed by atoms with E-state index >= 15 is 0 Å². The molecule has 0 aromatic heterocycles. The van der Waals surface area contributed by atoms with Gasteiger partial charge in [-0.2, -0.15) is 0 Å². The fourth-order valence-electron chi connectivity index (χ4n) is 1.61. The molecule has 3 heteroatoms. The predicted octanol–water partition coefficient (Wildman–Crippen LogP) is 4.23. The third kappa shape index (κ3) is 4.47. The molecule has 0 spiro atoms. The minimum Gasteiger partial charge on any atom is -0.488 e. The summed E-state index contributed by atoms with van der Waals surface area (Å²) < 4.78 is 19.0. The molecule has 2 nitrogen and oxygen atoms in total. The molecule has 0 fully saturated rings. The second-order valence-corrected chi connectivity index (χ2v) is 5.97. The Morgan fingerprint density at radius 1 is 1.33 bits per heavy atom. The van der Waals surface area contributed by atoms with Gasteiger partial charge in [-0.25, -0.2) is 4.39 Å². The second-order valence-electron chi connectivity index (χ2n) is 5.97. The Morgan fingerprint density at radius 3 is 2.39 bits per heavy atom. The summed E-state index contributed by atoms with van der Waals surface area (Å²) in [4.78, 5) is 11.9. The van der Waals surface area contributed by atoms with Crippen LogP contribution in [0.5, 0.6) is 5.75 Å². The van der Waals surface area contributed by atoms with Crippen LogP contribution in [-0.4, -0.2) is 11.9 Å². The fraction of sp³-hybridized carbons (Fsp3) is 0.533. The van der Waals surface area contributed by atoms with Crippen molar-refractivity contribution in [2.24, 2.45) is 5.41 Å². The van der Waals surface area contributed by atoms with Gasteiger partial charge < -0.3 is 4.74 Å². The SMILES string of the molecule is CC(C)Oc1ccc(C(=O)CC(C)(C)C)cc1F. The number of hydrogen-bond acceptors (Lipinski definition) is 2. The van der Waals surface area contributed by atoms with Crippen molar-refractivity contribution in [1.29, 1.82) is 0 Å². The molecule has 0 radical (unpaired) electrons. The molecule has 1 aromatic carbocycles. The first kappa shape index (κ1) is 14.7. The molecule has 0 heterocycles. The summed E-state index contributed by atoms with van der Waals surface area (Å²) in [6, 6.07) is 4.39. The Balaban J connectivity index is 2.87. The van der Waals surface area contributed by atoms with Crippen molar-refractivity contribution < 1.29 is 13.9 Å². The van der Waals surface area contributed by atoms with Gasteiger partial charge in [0.15, 0.2) is 17.3 Å². The molecule has 0 aliphatic rings. The topological polar surface area (TPSA) is 26.3 Å². The highest BCUT2D eigenvalue weighted by Gasteiger charge is 2.18. The van der Waals surface area contributed by atoms with Gasteiger partial charge in [0, 0.05) is 12.0 Å². The van der Waals surface area contributed by atoms with Crippen molar-refractivity contribution in [2.75, 3.05) is 0 Å². The van der Waals surface area contributed by atoms with E-state index in [1.54, 1.807) is 6.07 Å². The maximum atomic E-state index is 13.7. The summed E-state index contributed by atoms with van der Waals surface area (Å²) in [5.41, 5.74) is 0.305. The van der Waals surface area contributed by atoms with E-state index in [0.717, 1.165) is 0 Å². The average Bonchev–Trinajstić information content (AvgIpc) is 2.17. The number of carbonyl (C=O) groups is 1. The quantitative estimate of drug-likeness (QED) is 0.749. The van der Waals surface area contributed by atoms with Gasteiger partial charge in [0.25, 0.3) is 0 Å². The van der Waals surface area contributed by atoms with E-state index in [9.17, 15) is 9.18 Å². The van der Waals surface area contributed by atoms with Crippen LogP contribution in [0.4, 0.5) is 4.39 Å². The monoisotopic (exact) mass is 252 g/mol. The van der Waals surface area contributed by atoms with E-state index in [1.165, 1.54) is 12.1 Å². The predicted molar refractivity (Wildman–Crippen MR) is 70.6 cm³/mol. The average molecular weight is 252 g/mol. The lowest BCUT2D eigenvalue weighted by molar-refractivity contribution is 0.0939. The molecule has 0 saturated heterocycles. The van der Waals surface area contributed by atoms with Gasteiger partial charge in [-0.3, -0.25) is 4.79 Å². The largest absolute Gasteiger partial charge is 0.488 e. The van der Waals surface area contributed by atoms with Crippen molar-refractivity contribution >= 4 is 5.78 Å². The van der Waals surface area contributed by atoms with E-state index in [1.807, 2.05) is 34.6 Å². The van der Waals surface area contributed by atoms with Crippen molar-refractivity contribution in [1.82, 2.24) is 0 Å². The molecule has 0 atom stereocenters. The summed E-state index contributed by atoms with van der Waals surface area (Å²) in [5.74, 6) is -0.335. The first-order valence-corrected chi connectivity index (χ1v) is 6.18. The van der Waals surface area contributed by atoms with Gasteiger partial charge in [-0.15, -0.1) is 0 Å². The van der Waals surface area contributed by atoms with Crippen LogP contribution in [0.2, 0.25) is 0 Å². The molecule has 0 saturated carbocycles. The smallest absolute Gasteiger partial charge is 0.165 e. The summed E-state index contributed by atoms with van der Waals surface area (Å²) in [6.07, 6.45) is 0.312. The molecule has 100 valence electrons. The van der Waals surface area contributed by atoms with Crippen LogP contribution in [-0.2, 0) is 0 Å². The lowest BCUT2D eigenvalue weighted by Crippen LogP contribution is -2.13. The Hall–Kier alpha value is -1.38. The molecule has 0 bridgehead atoms. The van der Waals surface area contributed by atoms with Crippen LogP contribution in [0.1, 0.15) is 51.4 Å². The van der Waals surface area contributed by atoms with Crippen LogP contribution in [0.25, 0.3) is 0 Å². The van der Waals surface area contributed by atoms with E-state index in [0.29, 0.717) is 12.0 Å². The van der Waals surface area contributed by atoms with E-state index < -0.39 is 5.82 Å². The Labute approximate surface area is 108 Å². The summed E-state index contributed by atoms with van der Waals surface area (Å²) >= 11 is 0. The number of ketones is 1. The van der Waals surface area contributed by atoms with Crippen molar-refractivity contribution in [3.05, 3.63) is 29.6 Å². The Morgan fingerprint density at radius 2 is 1.94 bits per heavy atom. The molecule has 0 aliphatic heterocycles. The highest BCUT2D eigenvalue weighted by Crippen LogP contribution is 2.24. The maximum Gasteiger partial charge on any atom is 0.165 e. The molecule has 0 N–H and O–H groups in total. The molecule has 0 amide bonds. The van der Waals surface area contributed by atoms with E-state index in [-0.39, 0.29) is 23.1 Å². The first-order valence-electron chi connectivity index (χ1n) is 6.18. The minimum atomic E-state index is -0.483. The number of ether oxygens (including phenoxy) is 1. The number of hydrogen-bond donors (Lipinski definition) is 0. The molecule has 0 unspecified atom stereocenters. The fourth-order valence-corrected chi connectivity index (χ4v) is 1.61. The number of Topliss-reactive ketones (excluding diaryl/α,β-unsaturated/α-hetero) is 1. The van der Waals surface area contributed by atoms with Crippen molar-refractivity contribution in [2.45, 2.75) is 47.1 Å². The van der Waals surface area contributed by atoms with Gasteiger partial charge in [-0.1, -0.05) is 20.8 Å². The third-order valence-electron chi connectivity index (χ3n) is 2.31. The zero-order chi connectivity index (χ0) is 13.9. The van der Waals surface area contributed by atoms with Crippen molar-refractivity contribution in [3.8, 4) is 5.75 Å². The van der Waals surface area contributed by atoms with Crippen LogP contribution in [0, 0.1) is 11.2 Å². The normalized spacial score (nSPS) is 11.7. The summed E-state index contributed by atoms with van der Waals surface area (Å²) in [5, 5.41) is 0. The Kier molecular flexibility index (Phi) is 4.49. The summed E-state index contributed by atoms with van der Waals surface area (Å²) in [6.45, 7) is 9.61. The van der Waals surface area contributed by atoms with E-state index in [2.05, 4.69) is 0 Å². The van der Waals surface area contributed by atoms with E-state index in [4.69, 9.17) is 4.74 Å². The van der Waals surface area contributed by atoms with Crippen LogP contribution >= 0.6 is 0 Å². The van der Waals surface area contributed by atoms with Gasteiger partial charge >= 0.3 is 0 Å². The number of rotatable bonds is 4. The summed E-state index contributed by atoms with van der Waals surface area (Å²) in [7, 11) is 0. The molecular formula is C15H21FO2. The molecule has 1 rings (SSSR count). The molecule has 1 aromatic rings. The third-order valence-corrected chi connectivity index (χ3v) is 2.31. The number of halogens is 1. The first-order chi connectivity index (χ1) is 8.19. The molecule has 0 aliphatic carbocycles. The zero-order valence-corrected chi connectivity index (χ0v) is 11.7. The molecular weight excluding hydrogens is 231 g/mol. The highest BCUT2D eigenvalue weighted by atomic mass is 19.1. The maximum absolute atomic E-state index is 13.7. The minimum absolute atomic E-state index is 0.0440. The number of carbonyl (C=O) groups excluding carboxylic acids is 1. The second kappa shape index (κ2) is 5.51. The van der Waals surface area contributed by atoms with Crippen molar-refractivity contribution in [3.63, 3.8) is 0 Å². The van der Waals surface area contributed by atoms with Crippen LogP contribution < -0.4 is 4.74 Å². The van der Waals surface area contributed by atoms with Gasteiger partial charge in [0.1, 0.15) is 0 Å². The van der Waals surface area contributed by atoms with Gasteiger partial charge in [0.05, 0.1) is 6.10 Å². The zero-order valence-electron chi connectivity index (χ0n) is 11.7. The van der Waals surface area contributed by atoms with Crippen LogP contribution in [0.3, 0.4) is 0 Å². The molecule has 18 heavy (non-hydrogen) atoms. The Bertz CT molecular complexity index is 431. The highest BCUT2D eigenvalue weighted by molar-refractivity contribution is 5.96. The number of benzene rings is 1. The van der Waals surface area contributed by atoms with Gasteiger partial charge in [0.2, 0.25) is 0 Å². The lowest BCUT2D eigenvalue weighted by Gasteiger charge is -2.17. The lowest BCUT2D eigenvalue weighted by atomic mass is 9.88. The standard InChI is InChI=1S/C15H21FO2/c1-10(2)18-14-7-6-11(8-12(14)16)13(17)9-15(3,4)5/h6-8,10H,9H2,1-5H3.